The van der Waals surface area contributed by atoms with Crippen LogP contribution in [-0.4, -0.2) is 26.1 Å². The first kappa shape index (κ1) is 14.1. The minimum absolute atomic E-state index is 0.0404. The van der Waals surface area contributed by atoms with Crippen molar-refractivity contribution < 1.29 is 4.74 Å². The topological polar surface area (TPSA) is 64.9 Å². The van der Waals surface area contributed by atoms with Crippen LogP contribution >= 0.6 is 0 Å². The molecule has 1 aliphatic rings. The number of aromatic nitrogens is 4. The zero-order valence-corrected chi connectivity index (χ0v) is 12.9. The average Bonchev–Trinajstić information content (AvgIpc) is 3.06. The molecule has 2 aromatic heterocycles. The third-order valence-electron chi connectivity index (χ3n) is 4.13. The number of nitrogens with zero attached hydrogens (tertiary/aromatic N) is 4. The summed E-state index contributed by atoms with van der Waals surface area (Å²) >= 11 is 0. The van der Waals surface area contributed by atoms with Crippen LogP contribution in [0, 0.1) is 0 Å². The van der Waals surface area contributed by atoms with Crippen molar-refractivity contribution in [3.63, 3.8) is 0 Å². The van der Waals surface area contributed by atoms with Crippen LogP contribution in [0.5, 0.6) is 0 Å². The molecule has 0 radical (unpaired) electrons. The lowest BCUT2D eigenvalue weighted by Gasteiger charge is -2.23. The smallest absolute Gasteiger partial charge is 0.165 e. The van der Waals surface area contributed by atoms with E-state index in [0.29, 0.717) is 6.54 Å². The zero-order chi connectivity index (χ0) is 15.5. The normalized spacial score (nSPS) is 18.2. The third-order valence-corrected chi connectivity index (χ3v) is 4.13. The Balaban J connectivity index is 1.59. The molecule has 1 N–H and O–H groups in total. The van der Waals surface area contributed by atoms with E-state index in [1.807, 2.05) is 41.2 Å². The molecule has 0 aliphatic carbocycles. The van der Waals surface area contributed by atoms with Gasteiger partial charge in [0.15, 0.2) is 5.65 Å². The fraction of sp³-hybridized carbons (Fsp3) is 0.353. The predicted molar refractivity (Wildman–Crippen MR) is 87.9 cm³/mol. The van der Waals surface area contributed by atoms with Gasteiger partial charge in [-0.3, -0.25) is 4.57 Å². The molecule has 4 rings (SSSR count). The van der Waals surface area contributed by atoms with Crippen LogP contribution in [0.2, 0.25) is 0 Å². The molecule has 0 saturated carbocycles. The summed E-state index contributed by atoms with van der Waals surface area (Å²) in [5.41, 5.74) is 3.64. The number of rotatable bonds is 4. The Labute approximate surface area is 134 Å². The van der Waals surface area contributed by atoms with Crippen molar-refractivity contribution in [2.75, 3.05) is 11.9 Å². The summed E-state index contributed by atoms with van der Waals surface area (Å²) in [6, 6.07) is 10.1. The van der Waals surface area contributed by atoms with Crippen molar-refractivity contribution in [3.05, 3.63) is 48.7 Å². The monoisotopic (exact) mass is 309 g/mol. The summed E-state index contributed by atoms with van der Waals surface area (Å²) < 4.78 is 7.88. The number of nitrogens with one attached hydrogen (secondary N) is 1. The predicted octanol–water partition coefficient (Wildman–Crippen LogP) is 3.14. The second-order valence-corrected chi connectivity index (χ2v) is 5.69. The van der Waals surface area contributed by atoms with E-state index in [2.05, 4.69) is 20.3 Å². The summed E-state index contributed by atoms with van der Waals surface area (Å²) in [5, 5.41) is 3.37. The van der Waals surface area contributed by atoms with Crippen LogP contribution in [0.25, 0.3) is 11.2 Å². The van der Waals surface area contributed by atoms with Crippen molar-refractivity contribution in [2.45, 2.75) is 32.0 Å². The van der Waals surface area contributed by atoms with E-state index in [-0.39, 0.29) is 6.23 Å². The van der Waals surface area contributed by atoms with Crippen LogP contribution in [-0.2, 0) is 11.3 Å². The van der Waals surface area contributed by atoms with E-state index in [9.17, 15) is 0 Å². The standard InChI is InChI=1S/C17H19N5O/c1-2-6-13(7-3-1)18-10-14-16-17(20-11-19-14)22(12-21-16)15-8-4-5-9-23-15/h1-3,6-7,11-12,15,18H,4-5,8-10H2. The molecule has 0 amide bonds. The second-order valence-electron chi connectivity index (χ2n) is 5.69. The summed E-state index contributed by atoms with van der Waals surface area (Å²) in [7, 11) is 0. The lowest BCUT2D eigenvalue weighted by molar-refractivity contribution is -0.0298. The zero-order valence-electron chi connectivity index (χ0n) is 12.9. The molecule has 3 heterocycles. The molecular formula is C17H19N5O. The molecule has 1 saturated heterocycles. The largest absolute Gasteiger partial charge is 0.379 e. The Bertz CT molecular complexity index is 780. The number of imidazole rings is 1. The van der Waals surface area contributed by atoms with Gasteiger partial charge in [0, 0.05) is 12.3 Å². The molecule has 3 aromatic rings. The lowest BCUT2D eigenvalue weighted by Crippen LogP contribution is -2.17. The summed E-state index contributed by atoms with van der Waals surface area (Å²) in [5.74, 6) is 0. The van der Waals surface area contributed by atoms with Crippen molar-refractivity contribution in [2.24, 2.45) is 0 Å². The highest BCUT2D eigenvalue weighted by Crippen LogP contribution is 2.26. The number of anilines is 1. The maximum absolute atomic E-state index is 5.85. The number of para-hydroxylation sites is 1. The molecule has 23 heavy (non-hydrogen) atoms. The van der Waals surface area contributed by atoms with Crippen LogP contribution in [0.15, 0.2) is 43.0 Å². The highest BCUT2D eigenvalue weighted by atomic mass is 16.5. The fourth-order valence-electron chi connectivity index (χ4n) is 2.93. The Morgan fingerprint density at radius 3 is 2.87 bits per heavy atom. The lowest BCUT2D eigenvalue weighted by atomic mass is 10.2. The fourth-order valence-corrected chi connectivity index (χ4v) is 2.93. The number of benzene rings is 1. The molecule has 0 spiro atoms. The van der Waals surface area contributed by atoms with Gasteiger partial charge in [0.25, 0.3) is 0 Å². The first-order valence-electron chi connectivity index (χ1n) is 7.99. The molecule has 1 fully saturated rings. The maximum atomic E-state index is 5.85. The first-order valence-corrected chi connectivity index (χ1v) is 7.99. The molecule has 0 bridgehead atoms. The number of hydrogen-bond acceptors (Lipinski definition) is 5. The Kier molecular flexibility index (Phi) is 3.90. The molecule has 6 heteroatoms. The third kappa shape index (κ3) is 2.90. The van der Waals surface area contributed by atoms with Gasteiger partial charge in [-0.05, 0) is 31.4 Å². The highest BCUT2D eigenvalue weighted by Gasteiger charge is 2.19. The summed E-state index contributed by atoms with van der Waals surface area (Å²) in [4.78, 5) is 13.3. The van der Waals surface area contributed by atoms with Gasteiger partial charge in [0.2, 0.25) is 0 Å². The first-order chi connectivity index (χ1) is 11.4. The minimum Gasteiger partial charge on any atom is -0.379 e. The van der Waals surface area contributed by atoms with E-state index in [1.165, 1.54) is 6.42 Å². The Hall–Kier alpha value is -2.47. The van der Waals surface area contributed by atoms with Gasteiger partial charge in [-0.2, -0.15) is 0 Å². The number of fused-ring (bicyclic) bond motifs is 1. The number of ether oxygens (including phenoxy) is 1. The molecule has 6 nitrogen and oxygen atoms in total. The molecule has 1 aromatic carbocycles. The van der Waals surface area contributed by atoms with E-state index >= 15 is 0 Å². The van der Waals surface area contributed by atoms with Crippen LogP contribution in [0.3, 0.4) is 0 Å². The van der Waals surface area contributed by atoms with Crippen molar-refractivity contribution in [1.82, 2.24) is 19.5 Å². The minimum atomic E-state index is 0.0404. The van der Waals surface area contributed by atoms with Gasteiger partial charge in [-0.1, -0.05) is 18.2 Å². The van der Waals surface area contributed by atoms with E-state index in [0.717, 1.165) is 42.0 Å². The quantitative estimate of drug-likeness (QED) is 0.802. The van der Waals surface area contributed by atoms with Gasteiger partial charge >= 0.3 is 0 Å². The van der Waals surface area contributed by atoms with Crippen molar-refractivity contribution in [3.8, 4) is 0 Å². The summed E-state index contributed by atoms with van der Waals surface area (Å²) in [6.45, 7) is 1.42. The molecule has 1 aliphatic heterocycles. The van der Waals surface area contributed by atoms with Gasteiger partial charge in [0.05, 0.1) is 18.6 Å². The van der Waals surface area contributed by atoms with E-state index in [4.69, 9.17) is 4.74 Å². The highest BCUT2D eigenvalue weighted by molar-refractivity contribution is 5.73. The number of hydrogen-bond donors (Lipinski definition) is 1. The van der Waals surface area contributed by atoms with Gasteiger partial charge in [0.1, 0.15) is 18.1 Å². The van der Waals surface area contributed by atoms with Gasteiger partial charge < -0.3 is 10.1 Å². The van der Waals surface area contributed by atoms with Crippen LogP contribution in [0.4, 0.5) is 5.69 Å². The van der Waals surface area contributed by atoms with Crippen LogP contribution < -0.4 is 5.32 Å². The van der Waals surface area contributed by atoms with Crippen molar-refractivity contribution in [1.29, 1.82) is 0 Å². The molecule has 118 valence electrons. The van der Waals surface area contributed by atoms with Crippen LogP contribution in [0.1, 0.15) is 31.2 Å². The average molecular weight is 309 g/mol. The molecule has 1 atom stereocenters. The Morgan fingerprint density at radius 1 is 1.13 bits per heavy atom. The second kappa shape index (κ2) is 6.34. The Morgan fingerprint density at radius 2 is 2.04 bits per heavy atom. The molecule has 1 unspecified atom stereocenters. The van der Waals surface area contributed by atoms with E-state index in [1.54, 1.807) is 6.33 Å². The SMILES string of the molecule is c1ccc(NCc2ncnc3c2ncn3C2CCCCO2)cc1. The van der Waals surface area contributed by atoms with Crippen molar-refractivity contribution >= 4 is 16.9 Å². The maximum Gasteiger partial charge on any atom is 0.165 e. The van der Waals surface area contributed by atoms with Gasteiger partial charge in [-0.15, -0.1) is 0 Å². The van der Waals surface area contributed by atoms with Gasteiger partial charge in [-0.25, -0.2) is 15.0 Å². The van der Waals surface area contributed by atoms with E-state index < -0.39 is 0 Å². The molecular weight excluding hydrogens is 290 g/mol. The summed E-state index contributed by atoms with van der Waals surface area (Å²) in [6.07, 6.45) is 6.78.